The molecule has 1 atom stereocenters. The Kier molecular flexibility index (Phi) is 3.31. The van der Waals surface area contributed by atoms with Crippen molar-refractivity contribution in [1.29, 1.82) is 0 Å². The minimum Gasteiger partial charge on any atom is -0.295 e. The van der Waals surface area contributed by atoms with Gasteiger partial charge in [-0.25, -0.2) is 0 Å². The SMILES string of the molecule is CC(C)(C)c1ccnc2c1C(=O)N(C1CCC(=O)NC1=O)C2=O. The van der Waals surface area contributed by atoms with Gasteiger partial charge in [0.2, 0.25) is 11.8 Å². The van der Waals surface area contributed by atoms with Crippen LogP contribution >= 0.6 is 0 Å². The summed E-state index contributed by atoms with van der Waals surface area (Å²) in [5.74, 6) is -2.10. The van der Waals surface area contributed by atoms with E-state index in [2.05, 4.69) is 10.3 Å². The minimum atomic E-state index is -0.963. The molecule has 2 aliphatic heterocycles. The Hall–Kier alpha value is -2.57. The minimum absolute atomic E-state index is 0.0760. The molecule has 1 aromatic rings. The molecule has 1 fully saturated rings. The Morgan fingerprint density at radius 1 is 1.17 bits per heavy atom. The summed E-state index contributed by atoms with van der Waals surface area (Å²) < 4.78 is 0. The van der Waals surface area contributed by atoms with E-state index in [0.717, 1.165) is 10.5 Å². The largest absolute Gasteiger partial charge is 0.295 e. The van der Waals surface area contributed by atoms with Gasteiger partial charge >= 0.3 is 0 Å². The lowest BCUT2D eigenvalue weighted by Crippen LogP contribution is -2.54. The van der Waals surface area contributed by atoms with Gasteiger partial charge in [-0.15, -0.1) is 0 Å². The zero-order valence-electron chi connectivity index (χ0n) is 13.2. The van der Waals surface area contributed by atoms with Crippen molar-refractivity contribution < 1.29 is 19.2 Å². The highest BCUT2D eigenvalue weighted by atomic mass is 16.2. The number of nitrogens with one attached hydrogen (secondary N) is 1. The van der Waals surface area contributed by atoms with E-state index in [1.165, 1.54) is 6.20 Å². The first-order valence-electron chi connectivity index (χ1n) is 7.43. The number of nitrogens with zero attached hydrogens (tertiary/aromatic N) is 2. The topological polar surface area (TPSA) is 96.4 Å². The van der Waals surface area contributed by atoms with E-state index in [0.29, 0.717) is 0 Å². The van der Waals surface area contributed by atoms with Crippen LogP contribution in [0, 0.1) is 0 Å². The molecule has 0 bridgehead atoms. The first-order chi connectivity index (χ1) is 10.7. The molecular weight excluding hydrogens is 298 g/mol. The molecule has 2 aliphatic rings. The van der Waals surface area contributed by atoms with Gasteiger partial charge in [-0.05, 0) is 23.5 Å². The Bertz CT molecular complexity index is 748. The zero-order valence-corrected chi connectivity index (χ0v) is 13.2. The number of carbonyl (C=O) groups excluding carboxylic acids is 4. The predicted octanol–water partition coefficient (Wildman–Crippen LogP) is 0.780. The summed E-state index contributed by atoms with van der Waals surface area (Å²) in [6.45, 7) is 5.82. The fourth-order valence-electron chi connectivity index (χ4n) is 3.00. The van der Waals surface area contributed by atoms with E-state index < -0.39 is 29.7 Å². The number of pyridine rings is 1. The number of rotatable bonds is 1. The Morgan fingerprint density at radius 2 is 1.87 bits per heavy atom. The third-order valence-electron chi connectivity index (χ3n) is 4.13. The second-order valence-corrected chi connectivity index (χ2v) is 6.78. The number of imide groups is 2. The van der Waals surface area contributed by atoms with Crippen molar-refractivity contribution in [2.75, 3.05) is 0 Å². The van der Waals surface area contributed by atoms with Crippen LogP contribution < -0.4 is 5.32 Å². The van der Waals surface area contributed by atoms with E-state index in [4.69, 9.17) is 0 Å². The normalized spacial score (nSPS) is 21.5. The molecule has 0 radical (unpaired) electrons. The molecule has 7 nitrogen and oxygen atoms in total. The molecule has 3 heterocycles. The van der Waals surface area contributed by atoms with Gasteiger partial charge in [-0.2, -0.15) is 0 Å². The highest BCUT2D eigenvalue weighted by molar-refractivity contribution is 6.23. The number of fused-ring (bicyclic) bond motifs is 1. The van der Waals surface area contributed by atoms with E-state index >= 15 is 0 Å². The zero-order chi connectivity index (χ0) is 16.9. The maximum atomic E-state index is 12.8. The summed E-state index contributed by atoms with van der Waals surface area (Å²) >= 11 is 0. The summed E-state index contributed by atoms with van der Waals surface area (Å²) in [6, 6.07) is 0.757. The molecule has 0 aromatic carbocycles. The number of piperidine rings is 1. The first-order valence-corrected chi connectivity index (χ1v) is 7.43. The molecule has 23 heavy (non-hydrogen) atoms. The Balaban J connectivity index is 2.05. The summed E-state index contributed by atoms with van der Waals surface area (Å²) in [5.41, 5.74) is 0.710. The molecule has 7 heteroatoms. The molecule has 1 saturated heterocycles. The van der Waals surface area contributed by atoms with Crippen LogP contribution in [0.2, 0.25) is 0 Å². The van der Waals surface area contributed by atoms with Crippen molar-refractivity contribution in [2.45, 2.75) is 45.1 Å². The van der Waals surface area contributed by atoms with Crippen LogP contribution in [0.4, 0.5) is 0 Å². The molecular formula is C16H17N3O4. The average molecular weight is 315 g/mol. The van der Waals surface area contributed by atoms with E-state index in [9.17, 15) is 19.2 Å². The van der Waals surface area contributed by atoms with Crippen LogP contribution in [0.3, 0.4) is 0 Å². The van der Waals surface area contributed by atoms with E-state index in [1.807, 2.05) is 20.8 Å². The third kappa shape index (κ3) is 2.32. The second-order valence-electron chi connectivity index (χ2n) is 6.78. The number of carbonyl (C=O) groups is 4. The van der Waals surface area contributed by atoms with Gasteiger partial charge in [-0.3, -0.25) is 34.4 Å². The van der Waals surface area contributed by atoms with Gasteiger partial charge in [0, 0.05) is 12.6 Å². The van der Waals surface area contributed by atoms with Gasteiger partial charge in [0.05, 0.1) is 5.56 Å². The highest BCUT2D eigenvalue weighted by Crippen LogP contribution is 2.34. The van der Waals surface area contributed by atoms with Crippen LogP contribution in [0.15, 0.2) is 12.3 Å². The molecule has 1 N–H and O–H groups in total. The van der Waals surface area contributed by atoms with Crippen molar-refractivity contribution in [3.8, 4) is 0 Å². The van der Waals surface area contributed by atoms with Crippen molar-refractivity contribution in [2.24, 2.45) is 0 Å². The second kappa shape index (κ2) is 4.97. The lowest BCUT2D eigenvalue weighted by molar-refractivity contribution is -0.136. The highest BCUT2D eigenvalue weighted by Gasteiger charge is 2.47. The number of hydrogen-bond acceptors (Lipinski definition) is 5. The number of hydrogen-bond donors (Lipinski definition) is 1. The van der Waals surface area contributed by atoms with Crippen molar-refractivity contribution >= 4 is 23.6 Å². The molecule has 120 valence electrons. The summed E-state index contributed by atoms with van der Waals surface area (Å²) in [4.78, 5) is 53.7. The maximum absolute atomic E-state index is 12.8. The molecule has 4 amide bonds. The fourth-order valence-corrected chi connectivity index (χ4v) is 3.00. The Morgan fingerprint density at radius 3 is 2.48 bits per heavy atom. The lowest BCUT2D eigenvalue weighted by atomic mass is 9.84. The first kappa shape index (κ1) is 15.3. The van der Waals surface area contributed by atoms with Crippen LogP contribution in [0.25, 0.3) is 0 Å². The molecule has 3 rings (SSSR count). The molecule has 0 saturated carbocycles. The van der Waals surface area contributed by atoms with Gasteiger partial charge in [0.15, 0.2) is 0 Å². The third-order valence-corrected chi connectivity index (χ3v) is 4.13. The van der Waals surface area contributed by atoms with E-state index in [-0.39, 0.29) is 29.5 Å². The van der Waals surface area contributed by atoms with E-state index in [1.54, 1.807) is 6.07 Å². The van der Waals surface area contributed by atoms with Crippen LogP contribution in [-0.2, 0) is 15.0 Å². The Labute approximate surface area is 133 Å². The molecule has 0 spiro atoms. The van der Waals surface area contributed by atoms with Gasteiger partial charge in [-0.1, -0.05) is 20.8 Å². The van der Waals surface area contributed by atoms with Gasteiger partial charge in [0.25, 0.3) is 11.8 Å². The number of aromatic nitrogens is 1. The fraction of sp³-hybridized carbons (Fsp3) is 0.438. The van der Waals surface area contributed by atoms with Gasteiger partial charge < -0.3 is 0 Å². The van der Waals surface area contributed by atoms with Crippen LogP contribution in [0.5, 0.6) is 0 Å². The summed E-state index contributed by atoms with van der Waals surface area (Å²) in [7, 11) is 0. The van der Waals surface area contributed by atoms with Gasteiger partial charge in [0.1, 0.15) is 11.7 Å². The number of amides is 4. The van der Waals surface area contributed by atoms with Crippen molar-refractivity contribution in [3.63, 3.8) is 0 Å². The standard InChI is InChI=1S/C16H17N3O4/c1-16(2,3)8-6-7-17-12-11(8)14(22)19(15(12)23)9-4-5-10(20)18-13(9)21/h6-7,9H,4-5H2,1-3H3,(H,18,20,21). The quantitative estimate of drug-likeness (QED) is 0.773. The smallest absolute Gasteiger partial charge is 0.280 e. The molecule has 1 unspecified atom stereocenters. The predicted molar refractivity (Wildman–Crippen MR) is 79.6 cm³/mol. The van der Waals surface area contributed by atoms with Crippen LogP contribution in [0.1, 0.15) is 60.0 Å². The average Bonchev–Trinajstić information content (AvgIpc) is 2.71. The van der Waals surface area contributed by atoms with Crippen LogP contribution in [-0.4, -0.2) is 39.6 Å². The monoisotopic (exact) mass is 315 g/mol. The lowest BCUT2D eigenvalue weighted by Gasteiger charge is -2.28. The van der Waals surface area contributed by atoms with Crippen molar-refractivity contribution in [3.05, 3.63) is 29.1 Å². The summed E-state index contributed by atoms with van der Waals surface area (Å²) in [5, 5.41) is 2.17. The summed E-state index contributed by atoms with van der Waals surface area (Å²) in [6.07, 6.45) is 1.74. The van der Waals surface area contributed by atoms with Crippen molar-refractivity contribution in [1.82, 2.24) is 15.2 Å². The maximum Gasteiger partial charge on any atom is 0.280 e. The molecule has 1 aromatic heterocycles. The molecule has 0 aliphatic carbocycles.